The molecule has 0 radical (unpaired) electrons. The Kier molecular flexibility index (Phi) is 2.81. The molecule has 1 aromatic carbocycles. The minimum Gasteiger partial charge on any atom is -0.171 e. The summed E-state index contributed by atoms with van der Waals surface area (Å²) in [5, 5.41) is 0.327. The molecule has 0 saturated carbocycles. The summed E-state index contributed by atoms with van der Waals surface area (Å²) in [5.74, 6) is 0. The Morgan fingerprint density at radius 2 is 1.80 bits per heavy atom. The van der Waals surface area contributed by atoms with E-state index < -0.39 is 0 Å². The molecule has 1 atom stereocenters. The van der Waals surface area contributed by atoms with Crippen molar-refractivity contribution >= 4 is 28.6 Å². The van der Waals surface area contributed by atoms with E-state index >= 15 is 0 Å². The van der Waals surface area contributed by atoms with Crippen molar-refractivity contribution in [3.05, 3.63) is 34.3 Å². The van der Waals surface area contributed by atoms with Gasteiger partial charge < -0.3 is 0 Å². The van der Waals surface area contributed by atoms with Crippen molar-refractivity contribution in [1.29, 1.82) is 0 Å². The maximum Gasteiger partial charge on any atom is 0.0238 e. The molecule has 0 unspecified atom stereocenters. The maximum absolute atomic E-state index is 4.31. The third kappa shape index (κ3) is 2.03. The molecule has 0 aliphatic heterocycles. The van der Waals surface area contributed by atoms with E-state index in [1.54, 1.807) is 0 Å². The Morgan fingerprint density at radius 1 is 1.30 bits per heavy atom. The van der Waals surface area contributed by atoms with Gasteiger partial charge in [-0.1, -0.05) is 28.1 Å². The van der Waals surface area contributed by atoms with E-state index in [0.717, 1.165) is 4.47 Å². The molecule has 0 fully saturated rings. The van der Waals surface area contributed by atoms with E-state index in [1.807, 2.05) is 12.1 Å². The SMILES string of the molecule is C[C@@H](S)c1ccc(Br)cc1. The standard InChI is InChI=1S/C8H9BrS/c1-6(10)7-2-4-8(9)5-3-7/h2-6,10H,1H3/t6-/m1/s1. The van der Waals surface area contributed by atoms with E-state index in [1.165, 1.54) is 5.56 Å². The molecule has 0 nitrogen and oxygen atoms in total. The Balaban J connectivity index is 2.89. The molecule has 0 heterocycles. The van der Waals surface area contributed by atoms with Crippen LogP contribution < -0.4 is 0 Å². The Hall–Kier alpha value is 0.0500. The van der Waals surface area contributed by atoms with E-state index in [2.05, 4.69) is 47.6 Å². The van der Waals surface area contributed by atoms with Crippen molar-refractivity contribution in [3.63, 3.8) is 0 Å². The van der Waals surface area contributed by atoms with Gasteiger partial charge in [0.25, 0.3) is 0 Å². The van der Waals surface area contributed by atoms with Crippen LogP contribution in [0.5, 0.6) is 0 Å². The summed E-state index contributed by atoms with van der Waals surface area (Å²) < 4.78 is 1.12. The molecule has 54 valence electrons. The van der Waals surface area contributed by atoms with Crippen LogP contribution in [0.25, 0.3) is 0 Å². The summed E-state index contributed by atoms with van der Waals surface area (Å²) >= 11 is 7.68. The van der Waals surface area contributed by atoms with Gasteiger partial charge in [-0.2, -0.15) is 12.6 Å². The summed E-state index contributed by atoms with van der Waals surface area (Å²) in [6.45, 7) is 2.06. The normalized spacial score (nSPS) is 13.1. The number of hydrogen-bond donors (Lipinski definition) is 1. The minimum absolute atomic E-state index is 0.327. The number of halogens is 1. The highest BCUT2D eigenvalue weighted by Gasteiger charge is 1.96. The van der Waals surface area contributed by atoms with Crippen LogP contribution in [0.1, 0.15) is 17.7 Å². The first-order valence-corrected chi connectivity index (χ1v) is 4.44. The van der Waals surface area contributed by atoms with Crippen molar-refractivity contribution in [2.24, 2.45) is 0 Å². The second-order valence-corrected chi connectivity index (χ2v) is 3.92. The highest BCUT2D eigenvalue weighted by Crippen LogP contribution is 2.20. The van der Waals surface area contributed by atoms with Gasteiger partial charge in [0.2, 0.25) is 0 Å². The summed E-state index contributed by atoms with van der Waals surface area (Å²) in [5.41, 5.74) is 1.26. The van der Waals surface area contributed by atoms with E-state index in [-0.39, 0.29) is 0 Å². The van der Waals surface area contributed by atoms with Gasteiger partial charge in [-0.15, -0.1) is 0 Å². The first-order valence-electron chi connectivity index (χ1n) is 3.13. The van der Waals surface area contributed by atoms with Crippen LogP contribution in [0.3, 0.4) is 0 Å². The Bertz CT molecular complexity index is 203. The highest BCUT2D eigenvalue weighted by atomic mass is 79.9. The lowest BCUT2D eigenvalue weighted by Crippen LogP contribution is -1.81. The monoisotopic (exact) mass is 216 g/mol. The molecule has 0 aliphatic carbocycles. The van der Waals surface area contributed by atoms with Gasteiger partial charge in [0.1, 0.15) is 0 Å². The minimum atomic E-state index is 0.327. The third-order valence-electron chi connectivity index (χ3n) is 1.35. The van der Waals surface area contributed by atoms with Crippen LogP contribution in [0.4, 0.5) is 0 Å². The zero-order chi connectivity index (χ0) is 7.56. The topological polar surface area (TPSA) is 0 Å². The fourth-order valence-electron chi connectivity index (χ4n) is 0.741. The lowest BCUT2D eigenvalue weighted by molar-refractivity contribution is 1.11. The molecule has 0 bridgehead atoms. The predicted octanol–water partition coefficient (Wildman–Crippen LogP) is 3.44. The van der Waals surface area contributed by atoms with Gasteiger partial charge in [-0.3, -0.25) is 0 Å². The second kappa shape index (κ2) is 3.44. The molecule has 0 amide bonds. The second-order valence-electron chi connectivity index (χ2n) is 2.23. The third-order valence-corrected chi connectivity index (χ3v) is 2.18. The Labute approximate surface area is 75.2 Å². The molecule has 1 aromatic rings. The molecular weight excluding hydrogens is 208 g/mol. The average Bonchev–Trinajstić information content (AvgIpc) is 1.88. The summed E-state index contributed by atoms with van der Waals surface area (Å²) in [6, 6.07) is 8.20. The number of hydrogen-bond acceptors (Lipinski definition) is 1. The lowest BCUT2D eigenvalue weighted by atomic mass is 10.2. The lowest BCUT2D eigenvalue weighted by Gasteiger charge is -2.02. The molecule has 0 spiro atoms. The van der Waals surface area contributed by atoms with E-state index in [9.17, 15) is 0 Å². The molecule has 10 heavy (non-hydrogen) atoms. The predicted molar refractivity (Wildman–Crippen MR) is 51.5 cm³/mol. The quantitative estimate of drug-likeness (QED) is 0.684. The van der Waals surface area contributed by atoms with Crippen molar-refractivity contribution < 1.29 is 0 Å². The molecule has 0 aromatic heterocycles. The van der Waals surface area contributed by atoms with Crippen LogP contribution in [-0.4, -0.2) is 0 Å². The Morgan fingerprint density at radius 3 is 2.20 bits per heavy atom. The highest BCUT2D eigenvalue weighted by molar-refractivity contribution is 9.10. The average molecular weight is 217 g/mol. The largest absolute Gasteiger partial charge is 0.171 e. The van der Waals surface area contributed by atoms with Gasteiger partial charge in [0.05, 0.1) is 0 Å². The molecule has 1 rings (SSSR count). The maximum atomic E-state index is 4.31. The number of benzene rings is 1. The first kappa shape index (κ1) is 8.15. The smallest absolute Gasteiger partial charge is 0.0238 e. The van der Waals surface area contributed by atoms with Gasteiger partial charge in [0, 0.05) is 9.72 Å². The molecule has 0 aliphatic rings. The van der Waals surface area contributed by atoms with Crippen molar-refractivity contribution in [2.45, 2.75) is 12.2 Å². The van der Waals surface area contributed by atoms with Crippen LogP contribution in [0, 0.1) is 0 Å². The van der Waals surface area contributed by atoms with Crippen LogP contribution in [-0.2, 0) is 0 Å². The van der Waals surface area contributed by atoms with Gasteiger partial charge >= 0.3 is 0 Å². The summed E-state index contributed by atoms with van der Waals surface area (Å²) in [4.78, 5) is 0. The summed E-state index contributed by atoms with van der Waals surface area (Å²) in [7, 11) is 0. The van der Waals surface area contributed by atoms with E-state index in [0.29, 0.717) is 5.25 Å². The van der Waals surface area contributed by atoms with Gasteiger partial charge in [0.15, 0.2) is 0 Å². The van der Waals surface area contributed by atoms with Crippen LogP contribution >= 0.6 is 28.6 Å². The van der Waals surface area contributed by atoms with E-state index in [4.69, 9.17) is 0 Å². The van der Waals surface area contributed by atoms with Crippen molar-refractivity contribution in [3.8, 4) is 0 Å². The van der Waals surface area contributed by atoms with Crippen LogP contribution in [0.15, 0.2) is 28.7 Å². The van der Waals surface area contributed by atoms with Gasteiger partial charge in [-0.05, 0) is 24.6 Å². The zero-order valence-corrected chi connectivity index (χ0v) is 8.19. The van der Waals surface area contributed by atoms with Crippen LogP contribution in [0.2, 0.25) is 0 Å². The first-order chi connectivity index (χ1) is 4.70. The number of rotatable bonds is 1. The fraction of sp³-hybridized carbons (Fsp3) is 0.250. The summed E-state index contributed by atoms with van der Waals surface area (Å²) in [6.07, 6.45) is 0. The zero-order valence-electron chi connectivity index (χ0n) is 5.71. The fourth-order valence-corrected chi connectivity index (χ4v) is 1.18. The number of thiol groups is 1. The van der Waals surface area contributed by atoms with Crippen molar-refractivity contribution in [2.75, 3.05) is 0 Å². The molecule has 2 heteroatoms. The van der Waals surface area contributed by atoms with Crippen molar-refractivity contribution in [1.82, 2.24) is 0 Å². The molecular formula is C8H9BrS. The molecule has 0 saturated heterocycles. The van der Waals surface area contributed by atoms with Gasteiger partial charge in [-0.25, -0.2) is 0 Å². The molecule has 0 N–H and O–H groups in total.